The van der Waals surface area contributed by atoms with Crippen LogP contribution in [0.3, 0.4) is 0 Å². The number of hydrogen-bond donors (Lipinski definition) is 1. The van der Waals surface area contributed by atoms with Gasteiger partial charge in [-0.15, -0.1) is 0 Å². The molecule has 0 aromatic rings. The second-order valence-corrected chi connectivity index (χ2v) is 3.91. The molecule has 16 heavy (non-hydrogen) atoms. The first-order chi connectivity index (χ1) is 7.70. The van der Waals surface area contributed by atoms with Crippen LogP contribution >= 0.6 is 0 Å². The Morgan fingerprint density at radius 2 is 2.31 bits per heavy atom. The molecule has 0 aromatic carbocycles. The van der Waals surface area contributed by atoms with Gasteiger partial charge in [-0.1, -0.05) is 55.0 Å². The minimum atomic E-state index is -0.739. The minimum Gasteiger partial charge on any atom is -0.481 e. The molecule has 2 nitrogen and oxygen atoms in total. The molecule has 0 heterocycles. The Kier molecular flexibility index (Phi) is 5.34. The summed E-state index contributed by atoms with van der Waals surface area (Å²) in [4.78, 5) is 10.3. The molecule has 2 heteroatoms. The van der Waals surface area contributed by atoms with E-state index < -0.39 is 5.97 Å². The molecule has 1 aliphatic rings. The van der Waals surface area contributed by atoms with Gasteiger partial charge in [-0.05, 0) is 18.8 Å². The lowest BCUT2D eigenvalue weighted by molar-refractivity contribution is -0.136. The molecule has 0 spiro atoms. The van der Waals surface area contributed by atoms with Crippen LogP contribution in [0.15, 0.2) is 48.1 Å². The molecule has 0 radical (unpaired) electrons. The number of carbonyl (C=O) groups is 1. The van der Waals surface area contributed by atoms with Gasteiger partial charge in [-0.3, -0.25) is 4.79 Å². The Bertz CT molecular complexity index is 346. The molecule has 1 atom stereocenters. The standard InChI is InChI=1S/C14H18O2/c1-12(8-6-7-11-14(15)16)13-9-4-2-3-5-10-13/h2-6,8-9,12H,7,10-11H2,1H3,(H,15,16). The predicted octanol–water partition coefficient (Wildman–Crippen LogP) is 3.49. The van der Waals surface area contributed by atoms with Crippen LogP contribution in [0.1, 0.15) is 26.2 Å². The van der Waals surface area contributed by atoms with E-state index in [1.165, 1.54) is 5.57 Å². The smallest absolute Gasteiger partial charge is 0.303 e. The second-order valence-electron chi connectivity index (χ2n) is 3.91. The summed E-state index contributed by atoms with van der Waals surface area (Å²) in [5, 5.41) is 8.50. The fourth-order valence-electron chi connectivity index (χ4n) is 1.56. The van der Waals surface area contributed by atoms with Crippen LogP contribution < -0.4 is 0 Å². The lowest BCUT2D eigenvalue weighted by atomic mass is 9.97. The highest BCUT2D eigenvalue weighted by atomic mass is 16.4. The average molecular weight is 218 g/mol. The SMILES string of the molecule is CC(C=CCCC(=O)O)C1=CC=CC=CC1. The Hall–Kier alpha value is -1.57. The summed E-state index contributed by atoms with van der Waals surface area (Å²) in [6.45, 7) is 2.14. The van der Waals surface area contributed by atoms with Gasteiger partial charge in [-0.2, -0.15) is 0 Å². The normalized spacial score (nSPS) is 17.2. The van der Waals surface area contributed by atoms with Crippen molar-refractivity contribution in [2.24, 2.45) is 5.92 Å². The van der Waals surface area contributed by atoms with E-state index in [1.54, 1.807) is 0 Å². The number of carboxylic acid groups (broad SMARTS) is 1. The van der Waals surface area contributed by atoms with Crippen molar-refractivity contribution >= 4 is 5.97 Å². The zero-order valence-electron chi connectivity index (χ0n) is 9.60. The van der Waals surface area contributed by atoms with E-state index in [0.717, 1.165) is 6.42 Å². The van der Waals surface area contributed by atoms with Crippen LogP contribution in [-0.2, 0) is 4.79 Å². The lowest BCUT2D eigenvalue weighted by Gasteiger charge is -2.08. The summed E-state index contributed by atoms with van der Waals surface area (Å²) in [7, 11) is 0. The summed E-state index contributed by atoms with van der Waals surface area (Å²) in [6, 6.07) is 0. The highest BCUT2D eigenvalue weighted by molar-refractivity contribution is 5.66. The van der Waals surface area contributed by atoms with E-state index >= 15 is 0 Å². The summed E-state index contributed by atoms with van der Waals surface area (Å²) in [6.07, 6.45) is 16.2. The van der Waals surface area contributed by atoms with E-state index in [4.69, 9.17) is 5.11 Å². The van der Waals surface area contributed by atoms with E-state index in [0.29, 0.717) is 12.3 Å². The quantitative estimate of drug-likeness (QED) is 0.717. The summed E-state index contributed by atoms with van der Waals surface area (Å²) < 4.78 is 0. The van der Waals surface area contributed by atoms with Crippen LogP contribution in [0.25, 0.3) is 0 Å². The Morgan fingerprint density at radius 3 is 3.06 bits per heavy atom. The van der Waals surface area contributed by atoms with Crippen molar-refractivity contribution in [1.82, 2.24) is 0 Å². The van der Waals surface area contributed by atoms with Crippen molar-refractivity contribution < 1.29 is 9.90 Å². The second kappa shape index (κ2) is 6.83. The van der Waals surface area contributed by atoms with Gasteiger partial charge in [-0.25, -0.2) is 0 Å². The third kappa shape index (κ3) is 4.78. The average Bonchev–Trinajstić information content (AvgIpc) is 2.52. The maximum Gasteiger partial charge on any atom is 0.303 e. The Morgan fingerprint density at radius 1 is 1.50 bits per heavy atom. The minimum absolute atomic E-state index is 0.210. The van der Waals surface area contributed by atoms with E-state index in [2.05, 4.69) is 25.2 Å². The first kappa shape index (κ1) is 12.5. The molecular weight excluding hydrogens is 200 g/mol. The van der Waals surface area contributed by atoms with Crippen LogP contribution in [0.2, 0.25) is 0 Å². The van der Waals surface area contributed by atoms with Crippen LogP contribution in [0.5, 0.6) is 0 Å². The van der Waals surface area contributed by atoms with E-state index in [1.807, 2.05) is 24.3 Å². The molecule has 1 unspecified atom stereocenters. The molecule has 1 rings (SSSR count). The molecule has 0 saturated heterocycles. The van der Waals surface area contributed by atoms with Gasteiger partial charge in [0.25, 0.3) is 0 Å². The van der Waals surface area contributed by atoms with Crippen molar-refractivity contribution in [2.45, 2.75) is 26.2 Å². The molecule has 86 valence electrons. The molecule has 0 aromatic heterocycles. The molecular formula is C14H18O2. The molecule has 0 aliphatic heterocycles. The lowest BCUT2D eigenvalue weighted by Crippen LogP contribution is -1.95. The van der Waals surface area contributed by atoms with Gasteiger partial charge in [0, 0.05) is 6.42 Å². The highest BCUT2D eigenvalue weighted by Crippen LogP contribution is 2.18. The number of allylic oxidation sites excluding steroid dienone is 8. The maximum absolute atomic E-state index is 10.3. The van der Waals surface area contributed by atoms with E-state index in [9.17, 15) is 4.79 Å². The van der Waals surface area contributed by atoms with Crippen molar-refractivity contribution in [2.75, 3.05) is 0 Å². The van der Waals surface area contributed by atoms with E-state index in [-0.39, 0.29) is 6.42 Å². The summed E-state index contributed by atoms with van der Waals surface area (Å²) >= 11 is 0. The number of carboxylic acids is 1. The molecule has 1 aliphatic carbocycles. The van der Waals surface area contributed by atoms with Gasteiger partial charge in [0.05, 0.1) is 0 Å². The van der Waals surface area contributed by atoms with Crippen molar-refractivity contribution in [3.63, 3.8) is 0 Å². The van der Waals surface area contributed by atoms with Crippen LogP contribution in [-0.4, -0.2) is 11.1 Å². The maximum atomic E-state index is 10.3. The molecule has 0 amide bonds. The van der Waals surface area contributed by atoms with Gasteiger partial charge in [0.1, 0.15) is 0 Å². The van der Waals surface area contributed by atoms with Crippen molar-refractivity contribution in [3.8, 4) is 0 Å². The fourth-order valence-corrected chi connectivity index (χ4v) is 1.56. The third-order valence-electron chi connectivity index (χ3n) is 2.56. The van der Waals surface area contributed by atoms with Crippen molar-refractivity contribution in [3.05, 3.63) is 48.1 Å². The number of rotatable bonds is 5. The Labute approximate surface area is 96.7 Å². The molecule has 0 bridgehead atoms. The topological polar surface area (TPSA) is 37.3 Å². The monoisotopic (exact) mass is 218 g/mol. The summed E-state index contributed by atoms with van der Waals surface area (Å²) in [5.41, 5.74) is 1.36. The van der Waals surface area contributed by atoms with Gasteiger partial charge in [0.2, 0.25) is 0 Å². The van der Waals surface area contributed by atoms with Crippen LogP contribution in [0.4, 0.5) is 0 Å². The van der Waals surface area contributed by atoms with Gasteiger partial charge < -0.3 is 5.11 Å². The van der Waals surface area contributed by atoms with Crippen molar-refractivity contribution in [1.29, 1.82) is 0 Å². The third-order valence-corrected chi connectivity index (χ3v) is 2.56. The zero-order chi connectivity index (χ0) is 11.8. The molecule has 0 fully saturated rings. The molecule has 1 N–H and O–H groups in total. The van der Waals surface area contributed by atoms with Crippen LogP contribution in [0, 0.1) is 5.92 Å². The number of hydrogen-bond acceptors (Lipinski definition) is 1. The number of aliphatic carboxylic acids is 1. The van der Waals surface area contributed by atoms with Gasteiger partial charge >= 0.3 is 5.97 Å². The zero-order valence-corrected chi connectivity index (χ0v) is 9.60. The Balaban J connectivity index is 2.42. The fraction of sp³-hybridized carbons (Fsp3) is 0.357. The first-order valence-corrected chi connectivity index (χ1v) is 5.61. The summed E-state index contributed by atoms with van der Waals surface area (Å²) in [5.74, 6) is -0.363. The molecule has 0 saturated carbocycles. The first-order valence-electron chi connectivity index (χ1n) is 5.61. The largest absolute Gasteiger partial charge is 0.481 e. The predicted molar refractivity (Wildman–Crippen MR) is 66.2 cm³/mol. The van der Waals surface area contributed by atoms with Gasteiger partial charge in [0.15, 0.2) is 0 Å². The highest BCUT2D eigenvalue weighted by Gasteiger charge is 2.03.